The number of likely N-dealkylation sites (N-methyl/N-ethyl adjacent to an activating group) is 1. The second kappa shape index (κ2) is 8.50. The molecular formula is C20H15BrN2O4S. The van der Waals surface area contributed by atoms with Crippen molar-refractivity contribution in [1.82, 2.24) is 4.90 Å². The summed E-state index contributed by atoms with van der Waals surface area (Å²) >= 11 is 4.36. The number of halogens is 1. The maximum absolute atomic E-state index is 12.1. The zero-order valence-electron chi connectivity index (χ0n) is 15.1. The number of methoxy groups -OCH3 is 1. The number of imide groups is 1. The fraction of sp³-hybridized carbons (Fsp3) is 0.150. The lowest BCUT2D eigenvalue weighted by Gasteiger charge is -2.13. The van der Waals surface area contributed by atoms with Crippen molar-refractivity contribution in [3.8, 4) is 17.6 Å². The Morgan fingerprint density at radius 2 is 2.00 bits per heavy atom. The molecular weight excluding hydrogens is 444 g/mol. The number of hydrogen-bond donors (Lipinski definition) is 0. The number of carbonyl (C=O) groups excluding carboxylic acids is 2. The summed E-state index contributed by atoms with van der Waals surface area (Å²) < 4.78 is 11.9. The molecule has 0 radical (unpaired) electrons. The summed E-state index contributed by atoms with van der Waals surface area (Å²) in [6.07, 6.45) is 1.63. The largest absolute Gasteiger partial charge is 0.493 e. The van der Waals surface area contributed by atoms with Crippen LogP contribution in [0.15, 0.2) is 45.8 Å². The second-order valence-corrected chi connectivity index (χ2v) is 7.67. The van der Waals surface area contributed by atoms with E-state index in [0.717, 1.165) is 22.2 Å². The van der Waals surface area contributed by atoms with Gasteiger partial charge in [0.15, 0.2) is 11.5 Å². The summed E-state index contributed by atoms with van der Waals surface area (Å²) in [5.41, 5.74) is 2.00. The van der Waals surface area contributed by atoms with Gasteiger partial charge in [-0.15, -0.1) is 0 Å². The molecule has 2 aromatic rings. The van der Waals surface area contributed by atoms with Crippen molar-refractivity contribution < 1.29 is 19.1 Å². The minimum Gasteiger partial charge on any atom is -0.493 e. The molecule has 3 rings (SSSR count). The van der Waals surface area contributed by atoms with Crippen LogP contribution in [0.1, 0.15) is 16.7 Å². The van der Waals surface area contributed by atoms with Crippen molar-refractivity contribution in [3.05, 3.63) is 62.5 Å². The zero-order valence-corrected chi connectivity index (χ0v) is 17.5. The minimum atomic E-state index is -0.339. The molecule has 0 unspecified atom stereocenters. The first kappa shape index (κ1) is 20.0. The molecule has 0 saturated carbocycles. The first-order chi connectivity index (χ1) is 13.4. The predicted octanol–water partition coefficient (Wildman–Crippen LogP) is 4.57. The van der Waals surface area contributed by atoms with Crippen molar-refractivity contribution in [3.63, 3.8) is 0 Å². The van der Waals surface area contributed by atoms with Gasteiger partial charge >= 0.3 is 0 Å². The van der Waals surface area contributed by atoms with E-state index in [4.69, 9.17) is 9.47 Å². The highest BCUT2D eigenvalue weighted by Crippen LogP contribution is 2.38. The number of rotatable bonds is 5. The van der Waals surface area contributed by atoms with Crippen LogP contribution in [0.2, 0.25) is 0 Å². The lowest BCUT2D eigenvalue weighted by molar-refractivity contribution is -0.121. The summed E-state index contributed by atoms with van der Waals surface area (Å²) in [5.74, 6) is 0.622. The topological polar surface area (TPSA) is 79.6 Å². The van der Waals surface area contributed by atoms with Gasteiger partial charge in [-0.3, -0.25) is 14.5 Å². The number of carbonyl (C=O) groups is 2. The molecule has 1 saturated heterocycles. The number of nitrogens with zero attached hydrogens (tertiary/aromatic N) is 2. The van der Waals surface area contributed by atoms with Crippen LogP contribution in [0.5, 0.6) is 11.5 Å². The molecule has 142 valence electrons. The average molecular weight is 459 g/mol. The molecule has 0 spiro atoms. The standard InChI is InChI=1S/C20H15BrN2O4S/c1-23-19(24)18(28-20(23)25)8-14-7-16(26-2)17(9-15(14)21)27-11-13-6-4-3-5-12(13)10-22/h3-9H,11H2,1-2H3/b18-8-. The Hall–Kier alpha value is -2.76. The van der Waals surface area contributed by atoms with Gasteiger partial charge in [-0.1, -0.05) is 34.1 Å². The molecule has 0 aromatic heterocycles. The van der Waals surface area contributed by atoms with Crippen LogP contribution in [0.25, 0.3) is 6.08 Å². The number of ether oxygens (including phenoxy) is 2. The van der Waals surface area contributed by atoms with Gasteiger partial charge in [-0.25, -0.2) is 0 Å². The van der Waals surface area contributed by atoms with Crippen LogP contribution in [-0.2, 0) is 11.4 Å². The van der Waals surface area contributed by atoms with Gasteiger partial charge in [0.2, 0.25) is 0 Å². The summed E-state index contributed by atoms with van der Waals surface area (Å²) in [5, 5.41) is 8.88. The molecule has 6 nitrogen and oxygen atoms in total. The number of nitriles is 1. The molecule has 0 bridgehead atoms. The molecule has 0 aliphatic carbocycles. The first-order valence-corrected chi connectivity index (χ1v) is 9.75. The number of amides is 2. The lowest BCUT2D eigenvalue weighted by Crippen LogP contribution is -2.22. The Morgan fingerprint density at radius 3 is 2.64 bits per heavy atom. The molecule has 28 heavy (non-hydrogen) atoms. The van der Waals surface area contributed by atoms with Gasteiger partial charge in [-0.2, -0.15) is 5.26 Å². The highest BCUT2D eigenvalue weighted by Gasteiger charge is 2.32. The van der Waals surface area contributed by atoms with E-state index in [0.29, 0.717) is 32.0 Å². The average Bonchev–Trinajstić information content (AvgIpc) is 2.94. The van der Waals surface area contributed by atoms with Gasteiger partial charge in [0, 0.05) is 17.1 Å². The van der Waals surface area contributed by atoms with Gasteiger partial charge in [0.25, 0.3) is 11.1 Å². The molecule has 1 aliphatic heterocycles. The second-order valence-electron chi connectivity index (χ2n) is 5.82. The van der Waals surface area contributed by atoms with Gasteiger partial charge in [-0.05, 0) is 41.6 Å². The molecule has 2 aromatic carbocycles. The van der Waals surface area contributed by atoms with Gasteiger partial charge in [0.05, 0.1) is 23.6 Å². The summed E-state index contributed by atoms with van der Waals surface area (Å²) in [6.45, 7) is 0.209. The maximum atomic E-state index is 12.1. The number of benzene rings is 2. The van der Waals surface area contributed by atoms with Crippen LogP contribution in [0.3, 0.4) is 0 Å². The minimum absolute atomic E-state index is 0.209. The van der Waals surface area contributed by atoms with Crippen molar-refractivity contribution >= 4 is 44.9 Å². The van der Waals surface area contributed by atoms with Crippen molar-refractivity contribution in [2.75, 3.05) is 14.2 Å². The molecule has 8 heteroatoms. The lowest BCUT2D eigenvalue weighted by atomic mass is 10.1. The highest BCUT2D eigenvalue weighted by molar-refractivity contribution is 9.10. The van der Waals surface area contributed by atoms with Crippen molar-refractivity contribution in [2.45, 2.75) is 6.61 Å². The third kappa shape index (κ3) is 4.06. The van der Waals surface area contributed by atoms with E-state index in [1.54, 1.807) is 30.3 Å². The van der Waals surface area contributed by atoms with Crippen LogP contribution in [-0.4, -0.2) is 30.2 Å². The van der Waals surface area contributed by atoms with Crippen molar-refractivity contribution in [2.24, 2.45) is 0 Å². The third-order valence-electron chi connectivity index (χ3n) is 4.08. The monoisotopic (exact) mass is 458 g/mol. The van der Waals surface area contributed by atoms with E-state index in [-0.39, 0.29) is 17.8 Å². The first-order valence-electron chi connectivity index (χ1n) is 8.14. The van der Waals surface area contributed by atoms with E-state index in [1.165, 1.54) is 14.2 Å². The zero-order chi connectivity index (χ0) is 20.3. The molecule has 0 atom stereocenters. The van der Waals surface area contributed by atoms with Crippen LogP contribution < -0.4 is 9.47 Å². The summed E-state index contributed by atoms with van der Waals surface area (Å²) in [4.78, 5) is 25.2. The Kier molecular flexibility index (Phi) is 6.07. The van der Waals surface area contributed by atoms with Crippen molar-refractivity contribution in [1.29, 1.82) is 5.26 Å². The predicted molar refractivity (Wildman–Crippen MR) is 110 cm³/mol. The van der Waals surface area contributed by atoms with Crippen LogP contribution in [0, 0.1) is 11.3 Å². The maximum Gasteiger partial charge on any atom is 0.293 e. The summed E-state index contributed by atoms with van der Waals surface area (Å²) in [7, 11) is 2.97. The summed E-state index contributed by atoms with van der Waals surface area (Å²) in [6, 6.07) is 12.8. The van der Waals surface area contributed by atoms with E-state index >= 15 is 0 Å². The molecule has 1 heterocycles. The van der Waals surface area contributed by atoms with E-state index in [2.05, 4.69) is 22.0 Å². The van der Waals surface area contributed by atoms with E-state index in [9.17, 15) is 14.9 Å². The Bertz CT molecular complexity index is 1030. The quantitative estimate of drug-likeness (QED) is 0.610. The fourth-order valence-corrected chi connectivity index (χ4v) is 3.79. The van der Waals surface area contributed by atoms with Crippen LogP contribution >= 0.6 is 27.7 Å². The Balaban J connectivity index is 1.87. The highest BCUT2D eigenvalue weighted by atomic mass is 79.9. The SMILES string of the molecule is COc1cc(/C=C2\SC(=O)N(C)C2=O)c(Br)cc1OCc1ccccc1C#N. The number of hydrogen-bond acceptors (Lipinski definition) is 6. The Morgan fingerprint density at radius 1 is 1.25 bits per heavy atom. The normalized spacial score (nSPS) is 15.1. The molecule has 1 fully saturated rings. The molecule has 0 N–H and O–H groups in total. The molecule has 1 aliphatic rings. The van der Waals surface area contributed by atoms with Gasteiger partial charge in [0.1, 0.15) is 6.61 Å². The van der Waals surface area contributed by atoms with E-state index < -0.39 is 0 Å². The molecule has 2 amide bonds. The van der Waals surface area contributed by atoms with E-state index in [1.807, 2.05) is 12.1 Å². The van der Waals surface area contributed by atoms with Gasteiger partial charge < -0.3 is 9.47 Å². The smallest absolute Gasteiger partial charge is 0.293 e. The third-order valence-corrected chi connectivity index (χ3v) is 5.72. The Labute approximate surface area is 174 Å². The van der Waals surface area contributed by atoms with Crippen LogP contribution in [0.4, 0.5) is 4.79 Å². The number of thioether (sulfide) groups is 1. The fourth-order valence-electron chi connectivity index (χ4n) is 2.53.